The Bertz CT molecular complexity index is 770. The van der Waals surface area contributed by atoms with Crippen molar-refractivity contribution in [3.05, 3.63) is 35.4 Å². The van der Waals surface area contributed by atoms with E-state index in [2.05, 4.69) is 41.4 Å². The highest BCUT2D eigenvalue weighted by atomic mass is 16.5. The lowest BCUT2D eigenvalue weighted by Gasteiger charge is -2.43. The number of alkyl carbamates (subject to hydrolysis) is 1. The number of hydrogen-bond donors (Lipinski definition) is 1. The van der Waals surface area contributed by atoms with Crippen molar-refractivity contribution >= 4 is 6.09 Å². The fourth-order valence-electron chi connectivity index (χ4n) is 7.24. The molecule has 1 saturated heterocycles. The van der Waals surface area contributed by atoms with Crippen molar-refractivity contribution in [3.8, 4) is 0 Å². The van der Waals surface area contributed by atoms with E-state index in [9.17, 15) is 4.79 Å². The number of amides is 1. The fraction of sp³-hybridized carbons (Fsp3) is 0.720. The van der Waals surface area contributed by atoms with Crippen molar-refractivity contribution in [3.63, 3.8) is 0 Å². The van der Waals surface area contributed by atoms with Gasteiger partial charge in [0.05, 0.1) is 12.6 Å². The highest BCUT2D eigenvalue weighted by molar-refractivity contribution is 5.68. The summed E-state index contributed by atoms with van der Waals surface area (Å²) in [4.78, 5) is 14.8. The van der Waals surface area contributed by atoms with Crippen LogP contribution in [0.3, 0.4) is 0 Å². The molecule has 5 rings (SSSR count). The van der Waals surface area contributed by atoms with E-state index in [4.69, 9.17) is 4.74 Å². The molecule has 4 heteroatoms. The van der Waals surface area contributed by atoms with Crippen molar-refractivity contribution in [2.45, 2.75) is 70.3 Å². The van der Waals surface area contributed by atoms with Gasteiger partial charge in [0, 0.05) is 12.0 Å². The Morgan fingerprint density at radius 2 is 2.00 bits per heavy atom. The average molecular weight is 397 g/mol. The first-order valence-electron chi connectivity index (χ1n) is 11.8. The molecule has 0 radical (unpaired) electrons. The van der Waals surface area contributed by atoms with Crippen LogP contribution in [0.2, 0.25) is 0 Å². The first-order chi connectivity index (χ1) is 14.0. The third-order valence-corrected chi connectivity index (χ3v) is 8.84. The molecule has 1 aliphatic heterocycles. The number of likely N-dealkylation sites (tertiary alicyclic amines) is 1. The van der Waals surface area contributed by atoms with E-state index in [-0.39, 0.29) is 17.6 Å². The normalized spacial score (nSPS) is 35.0. The van der Waals surface area contributed by atoms with E-state index in [1.807, 2.05) is 6.92 Å². The molecule has 0 unspecified atom stereocenters. The third kappa shape index (κ3) is 3.37. The molecule has 1 spiro atoms. The van der Waals surface area contributed by atoms with Crippen LogP contribution in [0.5, 0.6) is 0 Å². The number of piperidine rings is 1. The van der Waals surface area contributed by atoms with Crippen molar-refractivity contribution in [1.29, 1.82) is 0 Å². The second kappa shape index (κ2) is 7.30. The second-order valence-corrected chi connectivity index (χ2v) is 10.5. The summed E-state index contributed by atoms with van der Waals surface area (Å²) in [6.45, 7) is 8.51. The number of carbonyl (C=O) groups is 1. The SMILES string of the molecule is CCOC(=O)N[C@H]1CC2(CCN(C[C@H]3C[C@H]4CC[C@@]3(C)C4)CC2)c2ccccc21. The number of hydrogen-bond acceptors (Lipinski definition) is 3. The van der Waals surface area contributed by atoms with Crippen LogP contribution in [0.25, 0.3) is 0 Å². The zero-order valence-corrected chi connectivity index (χ0v) is 18.1. The van der Waals surface area contributed by atoms with Gasteiger partial charge in [-0.05, 0) is 93.3 Å². The van der Waals surface area contributed by atoms with E-state index in [1.54, 1.807) is 0 Å². The maximum atomic E-state index is 12.1. The minimum absolute atomic E-state index is 0.0845. The van der Waals surface area contributed by atoms with Crippen molar-refractivity contribution in [1.82, 2.24) is 10.2 Å². The topological polar surface area (TPSA) is 41.6 Å². The van der Waals surface area contributed by atoms with Crippen molar-refractivity contribution in [2.24, 2.45) is 17.3 Å². The molecule has 1 amide bonds. The lowest BCUT2D eigenvalue weighted by Crippen LogP contribution is -2.45. The number of carbonyl (C=O) groups excluding carboxylic acids is 1. The molecule has 4 aliphatic rings. The standard InChI is InChI=1S/C25H36N2O2/c1-3-29-23(28)26-22-16-25(21-7-5-4-6-20(21)22)10-12-27(13-11-25)17-19-14-18-8-9-24(19,2)15-18/h4-7,18-19,22H,3,8-17H2,1-2H3,(H,26,28)/t18-,19-,22+,24+/m1/s1. The zero-order chi connectivity index (χ0) is 20.1. The van der Waals surface area contributed by atoms with Crippen LogP contribution < -0.4 is 5.32 Å². The molecule has 29 heavy (non-hydrogen) atoms. The van der Waals surface area contributed by atoms with E-state index < -0.39 is 0 Å². The van der Waals surface area contributed by atoms with Gasteiger partial charge in [-0.25, -0.2) is 4.79 Å². The van der Waals surface area contributed by atoms with Crippen molar-refractivity contribution in [2.75, 3.05) is 26.2 Å². The second-order valence-electron chi connectivity index (χ2n) is 10.5. The highest BCUT2D eigenvalue weighted by Crippen LogP contribution is 2.58. The van der Waals surface area contributed by atoms with E-state index >= 15 is 0 Å². The molecule has 3 fully saturated rings. The average Bonchev–Trinajstić information content (AvgIpc) is 3.33. The largest absolute Gasteiger partial charge is 0.450 e. The van der Waals surface area contributed by atoms with E-state index in [0.29, 0.717) is 12.0 Å². The van der Waals surface area contributed by atoms with Crippen LogP contribution in [-0.2, 0) is 10.2 Å². The summed E-state index contributed by atoms with van der Waals surface area (Å²) in [7, 11) is 0. The van der Waals surface area contributed by atoms with Crippen LogP contribution in [0, 0.1) is 17.3 Å². The Hall–Kier alpha value is -1.55. The van der Waals surface area contributed by atoms with Gasteiger partial charge in [-0.15, -0.1) is 0 Å². The molecule has 4 nitrogen and oxygen atoms in total. The minimum Gasteiger partial charge on any atom is -0.450 e. The predicted molar refractivity (Wildman–Crippen MR) is 115 cm³/mol. The number of fused-ring (bicyclic) bond motifs is 4. The first kappa shape index (κ1) is 19.4. The summed E-state index contributed by atoms with van der Waals surface area (Å²) in [5, 5.41) is 3.13. The van der Waals surface area contributed by atoms with E-state index in [1.165, 1.54) is 69.3 Å². The fourth-order valence-corrected chi connectivity index (χ4v) is 7.24. The minimum atomic E-state index is -0.286. The van der Waals surface area contributed by atoms with Gasteiger partial charge in [-0.1, -0.05) is 31.2 Å². The summed E-state index contributed by atoms with van der Waals surface area (Å²) in [6, 6.07) is 8.85. The number of rotatable bonds is 4. The molecule has 2 bridgehead atoms. The van der Waals surface area contributed by atoms with Gasteiger partial charge in [0.1, 0.15) is 0 Å². The maximum Gasteiger partial charge on any atom is 0.407 e. The molecule has 4 atom stereocenters. The van der Waals surface area contributed by atoms with Gasteiger partial charge < -0.3 is 15.0 Å². The molecule has 1 N–H and O–H groups in total. The maximum absolute atomic E-state index is 12.1. The van der Waals surface area contributed by atoms with Crippen molar-refractivity contribution < 1.29 is 9.53 Å². The Balaban J connectivity index is 1.26. The van der Waals surface area contributed by atoms with Gasteiger partial charge >= 0.3 is 6.09 Å². The molecule has 158 valence electrons. The predicted octanol–water partition coefficient (Wildman–Crippen LogP) is 5.04. The molecule has 3 aliphatic carbocycles. The monoisotopic (exact) mass is 396 g/mol. The molecule has 1 heterocycles. The molecule has 2 saturated carbocycles. The molecule has 0 aromatic heterocycles. The van der Waals surface area contributed by atoms with Crippen LogP contribution >= 0.6 is 0 Å². The first-order valence-corrected chi connectivity index (χ1v) is 11.8. The number of nitrogens with zero attached hydrogens (tertiary/aromatic N) is 1. The Morgan fingerprint density at radius 3 is 2.69 bits per heavy atom. The van der Waals surface area contributed by atoms with Gasteiger partial charge in [0.2, 0.25) is 0 Å². The van der Waals surface area contributed by atoms with Crippen LogP contribution in [0.4, 0.5) is 4.79 Å². The number of ether oxygens (including phenoxy) is 1. The van der Waals surface area contributed by atoms with Crippen LogP contribution in [-0.4, -0.2) is 37.2 Å². The summed E-state index contributed by atoms with van der Waals surface area (Å²) in [5.41, 5.74) is 3.60. The van der Waals surface area contributed by atoms with Gasteiger partial charge in [0.25, 0.3) is 0 Å². The van der Waals surface area contributed by atoms with E-state index in [0.717, 1.165) is 18.3 Å². The Labute approximate surface area is 175 Å². The third-order valence-electron chi connectivity index (χ3n) is 8.84. The molecule has 1 aromatic carbocycles. The molecular weight excluding hydrogens is 360 g/mol. The number of nitrogens with one attached hydrogen (secondary N) is 1. The van der Waals surface area contributed by atoms with Crippen LogP contribution in [0.15, 0.2) is 24.3 Å². The van der Waals surface area contributed by atoms with Gasteiger partial charge in [-0.2, -0.15) is 0 Å². The molecular formula is C25H36N2O2. The van der Waals surface area contributed by atoms with Crippen LogP contribution in [0.1, 0.15) is 76.0 Å². The summed E-state index contributed by atoms with van der Waals surface area (Å²) >= 11 is 0. The lowest BCUT2D eigenvalue weighted by molar-refractivity contribution is 0.0924. The quantitative estimate of drug-likeness (QED) is 0.775. The summed E-state index contributed by atoms with van der Waals surface area (Å²) in [6.07, 6.45) is 9.01. The number of benzene rings is 1. The van der Waals surface area contributed by atoms with Gasteiger partial charge in [-0.3, -0.25) is 0 Å². The molecule has 1 aromatic rings. The van der Waals surface area contributed by atoms with Gasteiger partial charge in [0.15, 0.2) is 0 Å². The zero-order valence-electron chi connectivity index (χ0n) is 18.1. The summed E-state index contributed by atoms with van der Waals surface area (Å²) in [5.74, 6) is 1.92. The summed E-state index contributed by atoms with van der Waals surface area (Å²) < 4.78 is 5.16. The smallest absolute Gasteiger partial charge is 0.407 e. The Kier molecular flexibility index (Phi) is 4.89. The Morgan fingerprint density at radius 1 is 1.21 bits per heavy atom. The highest BCUT2D eigenvalue weighted by Gasteiger charge is 2.50. The lowest BCUT2D eigenvalue weighted by atomic mass is 9.72.